The molecule has 2 aromatic rings. The minimum atomic E-state index is -0.932. The molecule has 234 valence electrons. The van der Waals surface area contributed by atoms with Crippen molar-refractivity contribution in [1.82, 2.24) is 5.32 Å². The lowest BCUT2D eigenvalue weighted by atomic mass is 9.89. The first-order valence-electron chi connectivity index (χ1n) is 14.8. The van der Waals surface area contributed by atoms with Crippen molar-refractivity contribution in [3.05, 3.63) is 89.5 Å². The lowest BCUT2D eigenvalue weighted by Gasteiger charge is -2.19. The summed E-state index contributed by atoms with van der Waals surface area (Å²) in [7, 11) is 0. The molecule has 1 saturated carbocycles. The van der Waals surface area contributed by atoms with Crippen LogP contribution in [0.1, 0.15) is 55.7 Å². The van der Waals surface area contributed by atoms with Crippen LogP contribution in [0.25, 0.3) is 0 Å². The van der Waals surface area contributed by atoms with Gasteiger partial charge in [-0.25, -0.2) is 9.18 Å². The molecule has 0 aromatic heterocycles. The molecule has 9 heteroatoms. The molecule has 0 spiro atoms. The largest absolute Gasteiger partial charge is 0.491 e. The molecule has 1 unspecified atom stereocenters. The number of carbonyl (C=O) groups excluding carboxylic acids is 2. The standard InChI is InChI=1S/C34H44FNO7/c1-23-10-7-8-12-26(23)21-43-34(41)24(2)36-33(40)15-6-4-3-5-14-29-30(32(39)19-31(29)38)17-16-27(37)22-42-28-13-9-11-25(18-28)20-35/h3,5,7-13,16-18,24,27,29-32,37-39H,4,6,14-15,19-22H2,1-2H3,(H,36,40)/b5-3-,17-16+/t24?,27-,29-,30-,31+,32-/m1/s1. The number of allylic oxidation sites excluding steroid dienone is 2. The second-order valence-electron chi connectivity index (χ2n) is 11.1. The number of hydrogen-bond acceptors (Lipinski definition) is 7. The maximum Gasteiger partial charge on any atom is 0.328 e. The van der Waals surface area contributed by atoms with Gasteiger partial charge < -0.3 is 30.1 Å². The Labute approximate surface area is 253 Å². The Bertz CT molecular complexity index is 1230. The van der Waals surface area contributed by atoms with Crippen LogP contribution in [0.3, 0.4) is 0 Å². The van der Waals surface area contributed by atoms with Gasteiger partial charge >= 0.3 is 5.97 Å². The maximum absolute atomic E-state index is 12.8. The van der Waals surface area contributed by atoms with E-state index in [1.54, 1.807) is 43.3 Å². The number of nitrogens with one attached hydrogen (secondary N) is 1. The first-order valence-corrected chi connectivity index (χ1v) is 14.8. The number of amides is 1. The summed E-state index contributed by atoms with van der Waals surface area (Å²) in [6.07, 6.45) is 7.10. The number of unbranched alkanes of at least 4 members (excludes halogenated alkanes) is 1. The minimum Gasteiger partial charge on any atom is -0.491 e. The van der Waals surface area contributed by atoms with Gasteiger partial charge in [-0.3, -0.25) is 4.79 Å². The van der Waals surface area contributed by atoms with Gasteiger partial charge in [0.2, 0.25) is 5.91 Å². The van der Waals surface area contributed by atoms with Gasteiger partial charge in [-0.05, 0) is 67.9 Å². The van der Waals surface area contributed by atoms with Gasteiger partial charge in [0.1, 0.15) is 37.8 Å². The van der Waals surface area contributed by atoms with Crippen LogP contribution in [0.5, 0.6) is 5.75 Å². The Hall–Kier alpha value is -3.53. The molecule has 2 aromatic carbocycles. The Morgan fingerprint density at radius 3 is 2.67 bits per heavy atom. The molecule has 1 aliphatic carbocycles. The quantitative estimate of drug-likeness (QED) is 0.128. The molecule has 0 bridgehead atoms. The van der Waals surface area contributed by atoms with Gasteiger partial charge in [0.05, 0.1) is 12.2 Å². The summed E-state index contributed by atoms with van der Waals surface area (Å²) < 4.78 is 23.7. The molecule has 0 aliphatic heterocycles. The predicted molar refractivity (Wildman–Crippen MR) is 162 cm³/mol. The molecule has 0 saturated heterocycles. The summed E-state index contributed by atoms with van der Waals surface area (Å²) >= 11 is 0. The molecule has 43 heavy (non-hydrogen) atoms. The minimum absolute atomic E-state index is 0.0247. The zero-order chi connectivity index (χ0) is 31.2. The van der Waals surface area contributed by atoms with Crippen LogP contribution >= 0.6 is 0 Å². The van der Waals surface area contributed by atoms with E-state index in [0.29, 0.717) is 30.6 Å². The molecule has 8 nitrogen and oxygen atoms in total. The zero-order valence-corrected chi connectivity index (χ0v) is 24.9. The first-order chi connectivity index (χ1) is 20.7. The molecule has 0 radical (unpaired) electrons. The SMILES string of the molecule is Cc1ccccc1COC(=O)C(C)NC(=O)CCC/C=C\C[C@@H]1[C@@H](/C=C/[C@@H](O)COc2cccc(CF)c2)[C@H](O)C[C@@H]1O. The van der Waals surface area contributed by atoms with Crippen molar-refractivity contribution in [3.8, 4) is 5.75 Å². The van der Waals surface area contributed by atoms with Crippen LogP contribution in [0.4, 0.5) is 4.39 Å². The van der Waals surface area contributed by atoms with Crippen LogP contribution in [0.15, 0.2) is 72.8 Å². The number of ether oxygens (including phenoxy) is 2. The number of carbonyl (C=O) groups is 2. The summed E-state index contributed by atoms with van der Waals surface area (Å²) in [5.41, 5.74) is 2.44. The molecule has 3 rings (SSSR count). The molecule has 0 heterocycles. The van der Waals surface area contributed by atoms with Crippen molar-refractivity contribution in [2.75, 3.05) is 6.61 Å². The second-order valence-corrected chi connectivity index (χ2v) is 11.1. The fourth-order valence-corrected chi connectivity index (χ4v) is 5.09. The van der Waals surface area contributed by atoms with Gasteiger partial charge in [-0.1, -0.05) is 60.7 Å². The molecule has 4 N–H and O–H groups in total. The van der Waals surface area contributed by atoms with E-state index >= 15 is 0 Å². The summed E-state index contributed by atoms with van der Waals surface area (Å²) in [6, 6.07) is 13.5. The smallest absolute Gasteiger partial charge is 0.328 e. The van der Waals surface area contributed by atoms with E-state index in [4.69, 9.17) is 9.47 Å². The van der Waals surface area contributed by atoms with Crippen molar-refractivity contribution in [2.24, 2.45) is 11.8 Å². The number of halogens is 1. The Morgan fingerprint density at radius 1 is 1.12 bits per heavy atom. The molecular weight excluding hydrogens is 553 g/mol. The number of alkyl halides is 1. The highest BCUT2D eigenvalue weighted by Crippen LogP contribution is 2.36. The average molecular weight is 598 g/mol. The van der Waals surface area contributed by atoms with Crippen LogP contribution < -0.4 is 10.1 Å². The molecule has 1 aliphatic rings. The van der Waals surface area contributed by atoms with E-state index in [0.717, 1.165) is 11.1 Å². The topological polar surface area (TPSA) is 125 Å². The Morgan fingerprint density at radius 2 is 1.91 bits per heavy atom. The number of aryl methyl sites for hydroxylation is 1. The fraction of sp³-hybridized carbons (Fsp3) is 0.471. The van der Waals surface area contributed by atoms with E-state index in [-0.39, 0.29) is 43.8 Å². The number of aliphatic hydroxyl groups is 3. The Kier molecular flexibility index (Phi) is 13.9. The molecule has 1 fully saturated rings. The highest BCUT2D eigenvalue weighted by molar-refractivity contribution is 5.84. The summed E-state index contributed by atoms with van der Waals surface area (Å²) in [5.74, 6) is -0.800. The average Bonchev–Trinajstić information content (AvgIpc) is 3.27. The molecular formula is C34H44FNO7. The third-order valence-corrected chi connectivity index (χ3v) is 7.66. The van der Waals surface area contributed by atoms with Crippen molar-refractivity contribution < 1.29 is 38.8 Å². The predicted octanol–water partition coefficient (Wildman–Crippen LogP) is 4.48. The molecule has 6 atom stereocenters. The van der Waals surface area contributed by atoms with Crippen LogP contribution in [-0.4, -0.2) is 58.2 Å². The van der Waals surface area contributed by atoms with E-state index in [1.165, 1.54) is 0 Å². The summed E-state index contributed by atoms with van der Waals surface area (Å²) in [5, 5.41) is 33.9. The highest BCUT2D eigenvalue weighted by atomic mass is 19.1. The third kappa shape index (κ3) is 11.2. The Balaban J connectivity index is 1.35. The van der Waals surface area contributed by atoms with E-state index in [1.807, 2.05) is 43.3 Å². The third-order valence-electron chi connectivity index (χ3n) is 7.66. The van der Waals surface area contributed by atoms with Gasteiger partial charge in [-0.15, -0.1) is 0 Å². The highest BCUT2D eigenvalue weighted by Gasteiger charge is 2.39. The normalized spacial score (nSPS) is 21.6. The van der Waals surface area contributed by atoms with E-state index in [2.05, 4.69) is 5.32 Å². The lowest BCUT2D eigenvalue weighted by Crippen LogP contribution is -2.39. The van der Waals surface area contributed by atoms with Crippen LogP contribution in [-0.2, 0) is 27.6 Å². The second kappa shape index (κ2) is 17.6. The van der Waals surface area contributed by atoms with Crippen molar-refractivity contribution in [2.45, 2.75) is 83.6 Å². The van der Waals surface area contributed by atoms with Crippen molar-refractivity contribution in [3.63, 3.8) is 0 Å². The van der Waals surface area contributed by atoms with Crippen LogP contribution in [0.2, 0.25) is 0 Å². The van der Waals surface area contributed by atoms with Crippen molar-refractivity contribution >= 4 is 11.9 Å². The maximum atomic E-state index is 12.8. The zero-order valence-electron chi connectivity index (χ0n) is 24.9. The first kappa shape index (κ1) is 34.0. The monoisotopic (exact) mass is 597 g/mol. The van der Waals surface area contributed by atoms with Gasteiger partial charge in [-0.2, -0.15) is 0 Å². The number of esters is 1. The fourth-order valence-electron chi connectivity index (χ4n) is 5.09. The van der Waals surface area contributed by atoms with Gasteiger partial charge in [0, 0.05) is 18.8 Å². The number of benzene rings is 2. The van der Waals surface area contributed by atoms with Gasteiger partial charge in [0.15, 0.2) is 0 Å². The van der Waals surface area contributed by atoms with E-state index < -0.39 is 37.0 Å². The van der Waals surface area contributed by atoms with Gasteiger partial charge in [0.25, 0.3) is 0 Å². The number of rotatable bonds is 16. The summed E-state index contributed by atoms with van der Waals surface area (Å²) in [6.45, 7) is 3.08. The lowest BCUT2D eigenvalue weighted by molar-refractivity contribution is -0.148. The van der Waals surface area contributed by atoms with E-state index in [9.17, 15) is 29.3 Å². The molecule has 1 amide bonds. The van der Waals surface area contributed by atoms with Crippen molar-refractivity contribution in [1.29, 1.82) is 0 Å². The number of aliphatic hydroxyl groups excluding tert-OH is 3. The summed E-state index contributed by atoms with van der Waals surface area (Å²) in [4.78, 5) is 24.5. The van der Waals surface area contributed by atoms with Crippen LogP contribution in [0, 0.1) is 18.8 Å². The number of hydrogen-bond donors (Lipinski definition) is 4.